The Hall–Kier alpha value is -3.06. The van der Waals surface area contributed by atoms with Gasteiger partial charge in [0.25, 0.3) is 0 Å². The first-order valence-electron chi connectivity index (χ1n) is 18.7. The molecule has 10 atom stereocenters. The number of carbonyl (C=O) groups is 4. The van der Waals surface area contributed by atoms with E-state index in [1.54, 1.807) is 52.0 Å². The number of hydrogen-bond donors (Lipinski definition) is 4. The lowest BCUT2D eigenvalue weighted by Gasteiger charge is -2.41. The number of nitrogens with one attached hydrogen (secondary N) is 3. The molecule has 0 unspecified atom stereocenters. The van der Waals surface area contributed by atoms with Gasteiger partial charge in [-0.15, -0.1) is 0 Å². The van der Waals surface area contributed by atoms with Crippen molar-refractivity contribution in [3.05, 3.63) is 35.9 Å². The number of likely N-dealkylation sites (tertiary alicyclic amines) is 1. The van der Waals surface area contributed by atoms with E-state index < -0.39 is 48.4 Å². The van der Waals surface area contributed by atoms with Crippen LogP contribution in [0, 0.1) is 23.7 Å². The van der Waals surface area contributed by atoms with Gasteiger partial charge in [0.15, 0.2) is 0 Å². The Morgan fingerprint density at radius 2 is 1.53 bits per heavy atom. The number of nitrogens with zero attached hydrogens (tertiary/aromatic N) is 2. The number of methoxy groups -OCH3 is 2. The van der Waals surface area contributed by atoms with E-state index in [0.29, 0.717) is 18.5 Å². The number of ether oxygens (including phenoxy) is 2. The molecule has 1 heterocycles. The van der Waals surface area contributed by atoms with Gasteiger partial charge in [0.2, 0.25) is 23.6 Å². The van der Waals surface area contributed by atoms with Crippen LogP contribution in [0.15, 0.2) is 30.3 Å². The van der Waals surface area contributed by atoms with Crippen molar-refractivity contribution in [3.8, 4) is 0 Å². The average molecular weight is 718 g/mol. The van der Waals surface area contributed by atoms with Crippen LogP contribution in [0.5, 0.6) is 0 Å². The normalized spacial score (nSPS) is 20.1. The minimum Gasteiger partial charge on any atom is -0.386 e. The lowest BCUT2D eigenvalue weighted by Crippen LogP contribution is -2.59. The predicted octanol–water partition coefficient (Wildman–Crippen LogP) is 3.53. The van der Waals surface area contributed by atoms with E-state index in [1.165, 1.54) is 0 Å². The summed E-state index contributed by atoms with van der Waals surface area (Å²) in [4.78, 5) is 58.3. The van der Waals surface area contributed by atoms with Crippen LogP contribution in [0.3, 0.4) is 0 Å². The molecule has 12 nitrogen and oxygen atoms in total. The van der Waals surface area contributed by atoms with Gasteiger partial charge in [-0.3, -0.25) is 19.2 Å². The summed E-state index contributed by atoms with van der Waals surface area (Å²) in [5.74, 6) is -1.62. The Morgan fingerprint density at radius 1 is 0.922 bits per heavy atom. The second kappa shape index (κ2) is 20.8. The predicted molar refractivity (Wildman–Crippen MR) is 200 cm³/mol. The average Bonchev–Trinajstić information content (AvgIpc) is 3.59. The van der Waals surface area contributed by atoms with E-state index in [1.807, 2.05) is 71.9 Å². The quantitative estimate of drug-likeness (QED) is 0.160. The van der Waals surface area contributed by atoms with Crippen LogP contribution in [-0.2, 0) is 28.7 Å². The summed E-state index contributed by atoms with van der Waals surface area (Å²) in [5, 5.41) is 19.8. The molecule has 1 aliphatic heterocycles. The fourth-order valence-corrected chi connectivity index (χ4v) is 7.42. The molecule has 4 N–H and O–H groups in total. The lowest BCUT2D eigenvalue weighted by molar-refractivity contribution is -0.148. The van der Waals surface area contributed by atoms with Crippen molar-refractivity contribution in [1.82, 2.24) is 25.8 Å². The minimum absolute atomic E-state index is 0.0148. The Morgan fingerprint density at radius 3 is 2.04 bits per heavy atom. The molecule has 4 amide bonds. The molecule has 0 aromatic heterocycles. The maximum absolute atomic E-state index is 14.1. The van der Waals surface area contributed by atoms with Crippen molar-refractivity contribution in [2.75, 3.05) is 34.9 Å². The van der Waals surface area contributed by atoms with Crippen molar-refractivity contribution in [1.29, 1.82) is 0 Å². The second-order valence-electron chi connectivity index (χ2n) is 15.0. The number of aliphatic hydroxyl groups is 1. The van der Waals surface area contributed by atoms with Crippen molar-refractivity contribution < 1.29 is 33.8 Å². The number of amides is 4. The smallest absolute Gasteiger partial charge is 0.245 e. The highest BCUT2D eigenvalue weighted by Gasteiger charge is 2.43. The van der Waals surface area contributed by atoms with Crippen LogP contribution in [0.2, 0.25) is 0 Å². The van der Waals surface area contributed by atoms with E-state index >= 15 is 0 Å². The van der Waals surface area contributed by atoms with Crippen LogP contribution in [-0.4, -0.2) is 116 Å². The largest absolute Gasteiger partial charge is 0.386 e. The van der Waals surface area contributed by atoms with Gasteiger partial charge in [-0.25, -0.2) is 0 Å². The van der Waals surface area contributed by atoms with Crippen LogP contribution in [0.1, 0.15) is 92.7 Å². The zero-order valence-corrected chi connectivity index (χ0v) is 33.1. The molecule has 1 aromatic rings. The summed E-state index contributed by atoms with van der Waals surface area (Å²) in [5.41, 5.74) is 0.711. The Balaban J connectivity index is 2.24. The van der Waals surface area contributed by atoms with E-state index in [2.05, 4.69) is 16.0 Å². The highest BCUT2D eigenvalue weighted by atomic mass is 16.5. The van der Waals surface area contributed by atoms with Crippen LogP contribution in [0.4, 0.5) is 0 Å². The molecule has 0 saturated carbocycles. The van der Waals surface area contributed by atoms with Crippen molar-refractivity contribution in [3.63, 3.8) is 0 Å². The number of aliphatic hydroxyl groups excluding tert-OH is 1. The third kappa shape index (κ3) is 11.5. The number of carbonyl (C=O) groups excluding carboxylic acids is 4. The monoisotopic (exact) mass is 718 g/mol. The summed E-state index contributed by atoms with van der Waals surface area (Å²) >= 11 is 0. The highest BCUT2D eigenvalue weighted by molar-refractivity contribution is 5.90. The molecule has 1 fully saturated rings. The van der Waals surface area contributed by atoms with Crippen LogP contribution in [0.25, 0.3) is 0 Å². The zero-order valence-electron chi connectivity index (χ0n) is 33.1. The Bertz CT molecular complexity index is 1250. The van der Waals surface area contributed by atoms with Crippen LogP contribution < -0.4 is 16.0 Å². The number of likely N-dealkylation sites (N-methyl/N-ethyl adjacent to an activating group) is 2. The molecule has 1 aliphatic rings. The van der Waals surface area contributed by atoms with E-state index in [0.717, 1.165) is 12.8 Å². The maximum atomic E-state index is 14.1. The molecule has 0 radical (unpaired) electrons. The first kappa shape index (κ1) is 44.1. The third-order valence-corrected chi connectivity index (χ3v) is 10.7. The summed E-state index contributed by atoms with van der Waals surface area (Å²) < 4.78 is 11.9. The summed E-state index contributed by atoms with van der Waals surface area (Å²) in [7, 11) is 6.57. The third-order valence-electron chi connectivity index (χ3n) is 10.7. The number of rotatable bonds is 20. The van der Waals surface area contributed by atoms with Gasteiger partial charge >= 0.3 is 0 Å². The fourth-order valence-electron chi connectivity index (χ4n) is 7.42. The standard InChI is InChI=1S/C39H67N5O7/c1-13-25(6)34(43(10)39(49)33(24(4)5)42-38(48)32(40-9)23(2)3)30(50-11)22-31(45)44-21-17-20-29(44)36(51-12)26(7)37(47)41-27(8)35(46)28-18-15-14-16-19-28/h14-16,18-19,23-27,29-30,32-36,40,46H,13,17,20-22H2,1-12H3,(H,41,47)(H,42,48)/t25-,26+,27+,29-,30+,32-,33-,34-,35+,36+/m1/s1. The number of hydrogen-bond acceptors (Lipinski definition) is 8. The zero-order chi connectivity index (χ0) is 38.6. The second-order valence-corrected chi connectivity index (χ2v) is 15.0. The maximum Gasteiger partial charge on any atom is 0.245 e. The van der Waals surface area contributed by atoms with E-state index in [9.17, 15) is 24.3 Å². The Labute approximate surface area is 306 Å². The Kier molecular flexibility index (Phi) is 18.0. The molecule has 1 saturated heterocycles. The van der Waals surface area contributed by atoms with Gasteiger partial charge in [-0.1, -0.05) is 85.2 Å². The molecule has 290 valence electrons. The first-order chi connectivity index (χ1) is 24.0. The lowest BCUT2D eigenvalue weighted by atomic mass is 9.89. The fraction of sp³-hybridized carbons (Fsp3) is 0.744. The summed E-state index contributed by atoms with van der Waals surface area (Å²) in [6.45, 7) is 15.9. The van der Waals surface area contributed by atoms with Crippen molar-refractivity contribution in [2.24, 2.45) is 23.7 Å². The molecule has 1 aromatic carbocycles. The minimum atomic E-state index is -0.875. The molecule has 2 rings (SSSR count). The summed E-state index contributed by atoms with van der Waals surface area (Å²) in [6, 6.07) is 6.67. The van der Waals surface area contributed by atoms with Gasteiger partial charge in [-0.05, 0) is 50.1 Å². The molecule has 0 bridgehead atoms. The molecule has 0 aliphatic carbocycles. The molecular weight excluding hydrogens is 650 g/mol. The highest BCUT2D eigenvalue weighted by Crippen LogP contribution is 2.30. The van der Waals surface area contributed by atoms with Crippen LogP contribution >= 0.6 is 0 Å². The van der Waals surface area contributed by atoms with Gasteiger partial charge in [0, 0.05) is 27.8 Å². The number of benzene rings is 1. The van der Waals surface area contributed by atoms with Gasteiger partial charge < -0.3 is 40.3 Å². The van der Waals surface area contributed by atoms with E-state index in [4.69, 9.17) is 9.47 Å². The SMILES string of the molecule is CC[C@@H](C)[C@H]([C@H](CC(=O)N1CCC[C@@H]1[C@@H](OC)[C@H](C)C(=O)N[C@@H](C)[C@H](O)c1ccccc1)OC)N(C)C(=O)[C@H](NC(=O)[C@H](NC)C(C)C)C(C)C. The molecule has 12 heteroatoms. The molecular formula is C39H67N5O7. The van der Waals surface area contributed by atoms with E-state index in [-0.39, 0.29) is 53.8 Å². The molecule has 51 heavy (non-hydrogen) atoms. The summed E-state index contributed by atoms with van der Waals surface area (Å²) in [6.07, 6.45) is 0.147. The molecule has 0 spiro atoms. The van der Waals surface area contributed by atoms with Crippen molar-refractivity contribution in [2.45, 2.75) is 130 Å². The van der Waals surface area contributed by atoms with Gasteiger partial charge in [0.05, 0.1) is 54.8 Å². The first-order valence-corrected chi connectivity index (χ1v) is 18.7. The van der Waals surface area contributed by atoms with Gasteiger partial charge in [-0.2, -0.15) is 0 Å². The topological polar surface area (TPSA) is 150 Å². The van der Waals surface area contributed by atoms with Crippen molar-refractivity contribution >= 4 is 23.6 Å². The van der Waals surface area contributed by atoms with Gasteiger partial charge in [0.1, 0.15) is 6.04 Å².